The number of aryl methyl sites for hydroxylation is 1. The average molecular weight is 377 g/mol. The summed E-state index contributed by atoms with van der Waals surface area (Å²) in [5.74, 6) is -0.00376. The van der Waals surface area contributed by atoms with Gasteiger partial charge in [0.25, 0.3) is 0 Å². The molecule has 0 saturated carbocycles. The van der Waals surface area contributed by atoms with Crippen LogP contribution < -0.4 is 0 Å². The minimum Gasteiger partial charge on any atom is -0.340 e. The molecule has 0 bridgehead atoms. The van der Waals surface area contributed by atoms with Gasteiger partial charge in [0, 0.05) is 19.5 Å². The molecule has 1 fully saturated rings. The summed E-state index contributed by atoms with van der Waals surface area (Å²) >= 11 is 0. The van der Waals surface area contributed by atoms with Crippen LogP contribution in [-0.4, -0.2) is 43.3 Å². The van der Waals surface area contributed by atoms with Crippen LogP contribution in [0.5, 0.6) is 0 Å². The minimum atomic E-state index is -4.37. The fraction of sp³-hybridized carbons (Fsp3) is 0.588. The van der Waals surface area contributed by atoms with Crippen LogP contribution in [0.4, 0.5) is 13.2 Å². The average Bonchev–Trinajstić information content (AvgIpc) is 2.41. The third-order valence-corrected chi connectivity index (χ3v) is 6.63. The van der Waals surface area contributed by atoms with Crippen LogP contribution in [-0.2, 0) is 27.2 Å². The van der Waals surface area contributed by atoms with Gasteiger partial charge >= 0.3 is 6.18 Å². The molecule has 0 aliphatic carbocycles. The van der Waals surface area contributed by atoms with Gasteiger partial charge in [-0.15, -0.1) is 0 Å². The molecule has 0 N–H and O–H groups in total. The molecule has 1 aromatic carbocycles. The van der Waals surface area contributed by atoms with Crippen molar-refractivity contribution in [1.82, 2.24) is 4.90 Å². The van der Waals surface area contributed by atoms with E-state index in [0.29, 0.717) is 12.0 Å². The number of amides is 1. The van der Waals surface area contributed by atoms with Crippen molar-refractivity contribution in [2.45, 2.75) is 38.1 Å². The second-order valence-electron chi connectivity index (χ2n) is 6.84. The highest BCUT2D eigenvalue weighted by Crippen LogP contribution is 2.29. The van der Waals surface area contributed by atoms with Crippen LogP contribution >= 0.6 is 0 Å². The zero-order valence-electron chi connectivity index (χ0n) is 14.2. The zero-order chi connectivity index (χ0) is 18.8. The number of halogens is 3. The fourth-order valence-corrected chi connectivity index (χ4v) is 4.75. The van der Waals surface area contributed by atoms with Gasteiger partial charge in [-0.3, -0.25) is 4.79 Å². The van der Waals surface area contributed by atoms with Crippen molar-refractivity contribution in [1.29, 1.82) is 0 Å². The molecule has 25 heavy (non-hydrogen) atoms. The van der Waals surface area contributed by atoms with E-state index in [-0.39, 0.29) is 37.1 Å². The van der Waals surface area contributed by atoms with Crippen LogP contribution in [0, 0.1) is 5.92 Å². The van der Waals surface area contributed by atoms with Gasteiger partial charge in [0.2, 0.25) is 5.91 Å². The molecular formula is C17H22F3NO3S. The van der Waals surface area contributed by atoms with E-state index in [4.69, 9.17) is 0 Å². The van der Waals surface area contributed by atoms with Crippen LogP contribution in [0.1, 0.15) is 31.4 Å². The molecule has 0 spiro atoms. The molecule has 1 aromatic rings. The van der Waals surface area contributed by atoms with Crippen LogP contribution in [0.3, 0.4) is 0 Å². The van der Waals surface area contributed by atoms with Gasteiger partial charge in [-0.05, 0) is 30.0 Å². The van der Waals surface area contributed by atoms with Crippen molar-refractivity contribution in [2.75, 3.05) is 18.8 Å². The monoisotopic (exact) mass is 377 g/mol. The Bertz CT molecular complexity index is 706. The largest absolute Gasteiger partial charge is 0.416 e. The summed E-state index contributed by atoms with van der Waals surface area (Å²) in [5, 5.41) is -0.495. The Kier molecular flexibility index (Phi) is 5.81. The van der Waals surface area contributed by atoms with E-state index in [1.807, 2.05) is 13.8 Å². The number of hydrogen-bond acceptors (Lipinski definition) is 3. The first-order valence-corrected chi connectivity index (χ1v) is 9.86. The van der Waals surface area contributed by atoms with Gasteiger partial charge in [-0.1, -0.05) is 26.0 Å². The van der Waals surface area contributed by atoms with E-state index in [1.165, 1.54) is 17.0 Å². The maximum Gasteiger partial charge on any atom is 0.416 e. The summed E-state index contributed by atoms with van der Waals surface area (Å²) < 4.78 is 61.6. The Hall–Kier alpha value is -1.57. The summed E-state index contributed by atoms with van der Waals surface area (Å²) in [5.41, 5.74) is -0.0747. The fourth-order valence-electron chi connectivity index (χ4n) is 2.74. The lowest BCUT2D eigenvalue weighted by molar-refractivity contribution is -0.137. The first-order chi connectivity index (χ1) is 11.5. The predicted octanol–water partition coefficient (Wildman–Crippen LogP) is 2.92. The highest BCUT2D eigenvalue weighted by atomic mass is 32.2. The molecular weight excluding hydrogens is 355 g/mol. The molecule has 0 unspecified atom stereocenters. The van der Waals surface area contributed by atoms with Gasteiger partial charge in [0.1, 0.15) is 0 Å². The maximum atomic E-state index is 12.5. The first-order valence-electron chi connectivity index (χ1n) is 8.14. The van der Waals surface area contributed by atoms with E-state index in [2.05, 4.69) is 0 Å². The van der Waals surface area contributed by atoms with Gasteiger partial charge in [-0.2, -0.15) is 13.2 Å². The third-order valence-electron chi connectivity index (χ3n) is 4.18. The predicted molar refractivity (Wildman–Crippen MR) is 88.8 cm³/mol. The number of nitrogens with zero attached hydrogens (tertiary/aromatic N) is 1. The molecule has 0 radical (unpaired) electrons. The highest BCUT2D eigenvalue weighted by molar-refractivity contribution is 7.92. The number of hydrogen-bond donors (Lipinski definition) is 0. The number of carbonyl (C=O) groups excluding carboxylic acids is 1. The van der Waals surface area contributed by atoms with E-state index in [0.717, 1.165) is 12.1 Å². The Morgan fingerprint density at radius 2 is 1.76 bits per heavy atom. The molecule has 1 heterocycles. The van der Waals surface area contributed by atoms with Crippen LogP contribution in [0.2, 0.25) is 0 Å². The number of rotatable bonds is 6. The Morgan fingerprint density at radius 1 is 1.20 bits per heavy atom. The summed E-state index contributed by atoms with van der Waals surface area (Å²) in [4.78, 5) is 13.6. The molecule has 1 amide bonds. The van der Waals surface area contributed by atoms with Gasteiger partial charge < -0.3 is 4.90 Å². The quantitative estimate of drug-likeness (QED) is 0.766. The van der Waals surface area contributed by atoms with Crippen molar-refractivity contribution < 1.29 is 26.4 Å². The number of alkyl halides is 3. The van der Waals surface area contributed by atoms with E-state index in [9.17, 15) is 26.4 Å². The molecule has 0 aromatic heterocycles. The van der Waals surface area contributed by atoms with Crippen molar-refractivity contribution in [3.63, 3.8) is 0 Å². The molecule has 140 valence electrons. The third kappa shape index (κ3) is 5.20. The minimum absolute atomic E-state index is 0.0504. The van der Waals surface area contributed by atoms with Gasteiger partial charge in [0.05, 0.1) is 16.6 Å². The Labute approximate surface area is 145 Å². The Morgan fingerprint density at radius 3 is 2.24 bits per heavy atom. The summed E-state index contributed by atoms with van der Waals surface area (Å²) in [7, 11) is -3.18. The molecule has 2 rings (SSSR count). The summed E-state index contributed by atoms with van der Waals surface area (Å²) in [6.07, 6.45) is -3.89. The topological polar surface area (TPSA) is 54.5 Å². The number of likely N-dealkylation sites (tertiary alicyclic amines) is 1. The maximum absolute atomic E-state index is 12.5. The number of sulfone groups is 1. The van der Waals surface area contributed by atoms with Crippen molar-refractivity contribution >= 4 is 15.7 Å². The lowest BCUT2D eigenvalue weighted by atomic mass is 10.1. The normalized spacial score (nSPS) is 16.2. The van der Waals surface area contributed by atoms with Crippen molar-refractivity contribution in [3.8, 4) is 0 Å². The van der Waals surface area contributed by atoms with E-state index in [1.54, 1.807) is 0 Å². The second kappa shape index (κ2) is 7.35. The van der Waals surface area contributed by atoms with Gasteiger partial charge in [0.15, 0.2) is 9.84 Å². The summed E-state index contributed by atoms with van der Waals surface area (Å²) in [6, 6.07) is 4.72. The SMILES string of the molecule is CC(C)CS(=O)(=O)C1CN(C(=O)CCc2ccc(C(F)(F)F)cc2)C1. The molecule has 1 aliphatic rings. The lowest BCUT2D eigenvalue weighted by Crippen LogP contribution is -2.57. The van der Waals surface area contributed by atoms with E-state index < -0.39 is 26.8 Å². The Balaban J connectivity index is 1.81. The number of benzene rings is 1. The lowest BCUT2D eigenvalue weighted by Gasteiger charge is -2.39. The van der Waals surface area contributed by atoms with Crippen molar-refractivity contribution in [2.24, 2.45) is 5.92 Å². The first kappa shape index (κ1) is 19.8. The molecule has 1 saturated heterocycles. The van der Waals surface area contributed by atoms with E-state index >= 15 is 0 Å². The smallest absolute Gasteiger partial charge is 0.340 e. The van der Waals surface area contributed by atoms with Crippen LogP contribution in [0.25, 0.3) is 0 Å². The van der Waals surface area contributed by atoms with Crippen molar-refractivity contribution in [3.05, 3.63) is 35.4 Å². The van der Waals surface area contributed by atoms with Gasteiger partial charge in [-0.25, -0.2) is 8.42 Å². The summed E-state index contributed by atoms with van der Waals surface area (Å²) in [6.45, 7) is 4.09. The second-order valence-corrected chi connectivity index (χ2v) is 9.16. The van der Waals surface area contributed by atoms with Crippen LogP contribution in [0.15, 0.2) is 24.3 Å². The molecule has 1 aliphatic heterocycles. The zero-order valence-corrected chi connectivity index (χ0v) is 15.0. The highest BCUT2D eigenvalue weighted by Gasteiger charge is 2.39. The molecule has 0 atom stereocenters. The molecule has 4 nitrogen and oxygen atoms in total. The molecule has 8 heteroatoms. The number of carbonyl (C=O) groups is 1. The standard InChI is InChI=1S/C17H22F3NO3S/c1-12(2)11-25(23,24)15-9-21(10-15)16(22)8-5-13-3-6-14(7-4-13)17(18,19)20/h3-4,6-7,12,15H,5,8-11H2,1-2H3.